The van der Waals surface area contributed by atoms with Crippen LogP contribution in [0.3, 0.4) is 0 Å². The topological polar surface area (TPSA) is 71.3 Å². The molecule has 7 heteroatoms. The Morgan fingerprint density at radius 2 is 2.00 bits per heavy atom. The summed E-state index contributed by atoms with van der Waals surface area (Å²) < 4.78 is 5.46. The molecule has 1 N–H and O–H groups in total. The molecular weight excluding hydrogens is 336 g/mol. The molecule has 6 nitrogen and oxygen atoms in total. The summed E-state index contributed by atoms with van der Waals surface area (Å²) in [5.74, 6) is 0.865. The molecule has 136 valence electrons. The summed E-state index contributed by atoms with van der Waals surface area (Å²) in [4.78, 5) is 23.2. The Hall–Kier alpha value is -1.86. The van der Waals surface area contributed by atoms with Gasteiger partial charge in [0.05, 0.1) is 12.3 Å². The molecule has 2 aromatic rings. The zero-order valence-corrected chi connectivity index (χ0v) is 16.3. The van der Waals surface area contributed by atoms with Gasteiger partial charge in [0.1, 0.15) is 5.76 Å². The van der Waals surface area contributed by atoms with Gasteiger partial charge in [-0.15, -0.1) is 0 Å². The molecule has 0 saturated carbocycles. The SMILES string of the molecule is CSc1nc(C)c(CCC(=O)NC[C@@H](c2ccco2)N(C)C)c(C)n1. The first-order valence-electron chi connectivity index (χ1n) is 8.27. The number of furan rings is 1. The Bertz CT molecular complexity index is 678. The Kier molecular flexibility index (Phi) is 7.01. The van der Waals surface area contributed by atoms with E-state index in [-0.39, 0.29) is 11.9 Å². The molecule has 2 heterocycles. The minimum absolute atomic E-state index is 0.0196. The second-order valence-electron chi connectivity index (χ2n) is 6.16. The number of carbonyl (C=O) groups is 1. The number of thioether (sulfide) groups is 1. The van der Waals surface area contributed by atoms with E-state index in [1.165, 1.54) is 11.8 Å². The van der Waals surface area contributed by atoms with Crippen molar-refractivity contribution in [2.75, 3.05) is 26.9 Å². The van der Waals surface area contributed by atoms with Crippen molar-refractivity contribution in [1.82, 2.24) is 20.2 Å². The van der Waals surface area contributed by atoms with Gasteiger partial charge in [-0.2, -0.15) is 0 Å². The second kappa shape index (κ2) is 9.01. The van der Waals surface area contributed by atoms with Crippen LogP contribution in [0.1, 0.15) is 35.2 Å². The smallest absolute Gasteiger partial charge is 0.220 e. The minimum atomic E-state index is 0.0196. The van der Waals surface area contributed by atoms with Crippen LogP contribution in [0, 0.1) is 13.8 Å². The summed E-state index contributed by atoms with van der Waals surface area (Å²) in [6.07, 6.45) is 4.67. The lowest BCUT2D eigenvalue weighted by Gasteiger charge is -2.22. The highest BCUT2D eigenvalue weighted by Crippen LogP contribution is 2.19. The van der Waals surface area contributed by atoms with Crippen molar-refractivity contribution < 1.29 is 9.21 Å². The molecule has 0 aliphatic carbocycles. The van der Waals surface area contributed by atoms with Crippen molar-refractivity contribution in [1.29, 1.82) is 0 Å². The predicted octanol–water partition coefficient (Wildman–Crippen LogP) is 2.76. The minimum Gasteiger partial charge on any atom is -0.468 e. The standard InChI is InChI=1S/C18H26N4O2S/c1-12-14(13(2)21-18(20-12)25-5)8-9-17(23)19-11-15(22(3)4)16-7-6-10-24-16/h6-7,10,15H,8-9,11H2,1-5H3,(H,19,23)/t15-/m0/s1. The van der Waals surface area contributed by atoms with E-state index >= 15 is 0 Å². The third-order valence-electron chi connectivity index (χ3n) is 4.17. The summed E-state index contributed by atoms with van der Waals surface area (Å²) in [6, 6.07) is 3.80. The molecule has 0 fully saturated rings. The van der Waals surface area contributed by atoms with Crippen LogP contribution in [0.15, 0.2) is 28.0 Å². The van der Waals surface area contributed by atoms with E-state index in [1.807, 2.05) is 51.2 Å². The number of likely N-dealkylation sites (N-methyl/N-ethyl adjacent to an activating group) is 1. The van der Waals surface area contributed by atoms with E-state index in [0.29, 0.717) is 19.4 Å². The molecule has 1 atom stereocenters. The maximum Gasteiger partial charge on any atom is 0.220 e. The Morgan fingerprint density at radius 1 is 1.32 bits per heavy atom. The van der Waals surface area contributed by atoms with Crippen molar-refractivity contribution in [3.63, 3.8) is 0 Å². The third-order valence-corrected chi connectivity index (χ3v) is 4.72. The van der Waals surface area contributed by atoms with E-state index in [9.17, 15) is 4.79 Å². The zero-order chi connectivity index (χ0) is 18.4. The average molecular weight is 362 g/mol. The first-order valence-corrected chi connectivity index (χ1v) is 9.49. The Morgan fingerprint density at radius 3 is 2.52 bits per heavy atom. The fraction of sp³-hybridized carbons (Fsp3) is 0.500. The molecule has 0 aromatic carbocycles. The van der Waals surface area contributed by atoms with Crippen molar-refractivity contribution >= 4 is 17.7 Å². The molecular formula is C18H26N4O2S. The van der Waals surface area contributed by atoms with Gasteiger partial charge in [-0.3, -0.25) is 9.69 Å². The molecule has 1 amide bonds. The summed E-state index contributed by atoms with van der Waals surface area (Å²) in [5.41, 5.74) is 2.96. The van der Waals surface area contributed by atoms with Gasteiger partial charge in [0, 0.05) is 24.4 Å². The highest BCUT2D eigenvalue weighted by Gasteiger charge is 2.18. The zero-order valence-electron chi connectivity index (χ0n) is 15.5. The van der Waals surface area contributed by atoms with Crippen LogP contribution < -0.4 is 5.32 Å². The number of aromatic nitrogens is 2. The molecule has 0 unspecified atom stereocenters. The van der Waals surface area contributed by atoms with E-state index in [4.69, 9.17) is 4.42 Å². The highest BCUT2D eigenvalue weighted by molar-refractivity contribution is 7.98. The molecule has 0 aliphatic heterocycles. The fourth-order valence-corrected chi connectivity index (χ4v) is 3.17. The second-order valence-corrected chi connectivity index (χ2v) is 6.93. The number of rotatable bonds is 8. The lowest BCUT2D eigenvalue weighted by atomic mass is 10.1. The maximum absolute atomic E-state index is 12.3. The van der Waals surface area contributed by atoms with Crippen LogP contribution >= 0.6 is 11.8 Å². The largest absolute Gasteiger partial charge is 0.468 e. The van der Waals surface area contributed by atoms with Crippen molar-refractivity contribution in [2.45, 2.75) is 37.9 Å². The predicted molar refractivity (Wildman–Crippen MR) is 99.8 cm³/mol. The molecule has 0 radical (unpaired) electrons. The highest BCUT2D eigenvalue weighted by atomic mass is 32.2. The van der Waals surface area contributed by atoms with Crippen molar-refractivity contribution in [3.05, 3.63) is 41.1 Å². The molecule has 0 bridgehead atoms. The maximum atomic E-state index is 12.3. The van der Waals surface area contributed by atoms with Gasteiger partial charge >= 0.3 is 0 Å². The van der Waals surface area contributed by atoms with Crippen LogP contribution in [0.4, 0.5) is 0 Å². The Balaban J connectivity index is 1.91. The molecule has 25 heavy (non-hydrogen) atoms. The molecule has 0 spiro atoms. The van der Waals surface area contributed by atoms with Gasteiger partial charge in [0.15, 0.2) is 5.16 Å². The number of carbonyl (C=O) groups excluding carboxylic acids is 1. The number of aryl methyl sites for hydroxylation is 2. The normalized spacial score (nSPS) is 12.4. The van der Waals surface area contributed by atoms with Gasteiger partial charge in [0.25, 0.3) is 0 Å². The molecule has 0 saturated heterocycles. The summed E-state index contributed by atoms with van der Waals surface area (Å²) in [5, 5.41) is 3.77. The van der Waals surface area contributed by atoms with Gasteiger partial charge in [-0.25, -0.2) is 9.97 Å². The molecule has 2 rings (SSSR count). The summed E-state index contributed by atoms with van der Waals surface area (Å²) in [7, 11) is 3.94. The lowest BCUT2D eigenvalue weighted by molar-refractivity contribution is -0.121. The number of amides is 1. The van der Waals surface area contributed by atoms with E-state index in [0.717, 1.165) is 27.9 Å². The van der Waals surface area contributed by atoms with Crippen LogP contribution in [0.2, 0.25) is 0 Å². The van der Waals surface area contributed by atoms with E-state index in [1.54, 1.807) is 6.26 Å². The Labute approximate surface area is 153 Å². The number of nitrogens with zero attached hydrogens (tertiary/aromatic N) is 3. The van der Waals surface area contributed by atoms with E-state index < -0.39 is 0 Å². The summed E-state index contributed by atoms with van der Waals surface area (Å²) >= 11 is 1.53. The first-order chi connectivity index (χ1) is 11.9. The number of nitrogens with one attached hydrogen (secondary N) is 1. The van der Waals surface area contributed by atoms with Gasteiger partial charge < -0.3 is 9.73 Å². The van der Waals surface area contributed by atoms with Gasteiger partial charge in [0.2, 0.25) is 5.91 Å². The van der Waals surface area contributed by atoms with E-state index in [2.05, 4.69) is 15.3 Å². The molecule has 0 aliphatic rings. The van der Waals surface area contributed by atoms with Gasteiger partial charge in [-0.1, -0.05) is 11.8 Å². The third kappa shape index (κ3) is 5.31. The quantitative estimate of drug-likeness (QED) is 0.575. The van der Waals surface area contributed by atoms with Crippen molar-refractivity contribution in [3.8, 4) is 0 Å². The molecule has 2 aromatic heterocycles. The number of hydrogen-bond donors (Lipinski definition) is 1. The lowest BCUT2D eigenvalue weighted by Crippen LogP contribution is -2.34. The number of hydrogen-bond acceptors (Lipinski definition) is 6. The average Bonchev–Trinajstić information content (AvgIpc) is 3.07. The van der Waals surface area contributed by atoms with Crippen LogP contribution in [-0.2, 0) is 11.2 Å². The monoisotopic (exact) mass is 362 g/mol. The van der Waals surface area contributed by atoms with Gasteiger partial charge in [-0.05, 0) is 58.3 Å². The summed E-state index contributed by atoms with van der Waals surface area (Å²) in [6.45, 7) is 4.46. The first kappa shape index (κ1) is 19.5. The van der Waals surface area contributed by atoms with Crippen LogP contribution in [0.5, 0.6) is 0 Å². The van der Waals surface area contributed by atoms with Crippen LogP contribution in [-0.4, -0.2) is 47.7 Å². The van der Waals surface area contributed by atoms with Crippen molar-refractivity contribution in [2.24, 2.45) is 0 Å². The van der Waals surface area contributed by atoms with Crippen LogP contribution in [0.25, 0.3) is 0 Å². The fourth-order valence-electron chi connectivity index (χ4n) is 2.72.